The molecule has 0 radical (unpaired) electrons. The van der Waals surface area contributed by atoms with Crippen LogP contribution >= 0.6 is 31.9 Å². The molecular formula is C18H18Br2FNO. The number of ether oxygens (including phenoxy) is 1. The molecule has 2 nitrogen and oxygen atoms in total. The van der Waals surface area contributed by atoms with Crippen LogP contribution in [0.5, 0.6) is 0 Å². The first-order chi connectivity index (χ1) is 11.1. The largest absolute Gasteiger partial charge is 0.381 e. The summed E-state index contributed by atoms with van der Waals surface area (Å²) in [6, 6.07) is 13.4. The first-order valence-corrected chi connectivity index (χ1v) is 9.20. The fourth-order valence-electron chi connectivity index (χ4n) is 3.02. The van der Waals surface area contributed by atoms with E-state index in [0.29, 0.717) is 25.3 Å². The van der Waals surface area contributed by atoms with Crippen LogP contribution in [0, 0.1) is 5.82 Å². The summed E-state index contributed by atoms with van der Waals surface area (Å²) in [5.74, 6) is -0.183. The SMILES string of the molecule is Fc1ccc(Br)cc1CNC1(c2cccc(Br)c2)CCOCC1. The molecule has 1 aliphatic heterocycles. The Morgan fingerprint density at radius 2 is 1.78 bits per heavy atom. The van der Waals surface area contributed by atoms with E-state index in [1.807, 2.05) is 18.2 Å². The van der Waals surface area contributed by atoms with Crippen LogP contribution in [-0.4, -0.2) is 13.2 Å². The summed E-state index contributed by atoms with van der Waals surface area (Å²) in [7, 11) is 0. The Kier molecular flexibility index (Phi) is 5.52. The van der Waals surface area contributed by atoms with E-state index in [1.54, 1.807) is 6.07 Å². The van der Waals surface area contributed by atoms with Gasteiger partial charge in [0, 0.05) is 39.8 Å². The summed E-state index contributed by atoms with van der Waals surface area (Å²) in [6.07, 6.45) is 1.75. The predicted molar refractivity (Wildman–Crippen MR) is 96.8 cm³/mol. The van der Waals surface area contributed by atoms with E-state index in [-0.39, 0.29) is 11.4 Å². The number of hydrogen-bond acceptors (Lipinski definition) is 2. The minimum atomic E-state index is -0.184. The number of halogens is 3. The minimum Gasteiger partial charge on any atom is -0.381 e. The predicted octanol–water partition coefficient (Wildman–Crippen LogP) is 5.15. The van der Waals surface area contributed by atoms with Crippen LogP contribution < -0.4 is 5.32 Å². The quantitative estimate of drug-likeness (QED) is 0.707. The zero-order chi connectivity index (χ0) is 16.3. The smallest absolute Gasteiger partial charge is 0.127 e. The Morgan fingerprint density at radius 3 is 2.52 bits per heavy atom. The molecule has 0 bridgehead atoms. The molecule has 23 heavy (non-hydrogen) atoms. The Hall–Kier alpha value is -0.750. The lowest BCUT2D eigenvalue weighted by Crippen LogP contribution is -2.46. The van der Waals surface area contributed by atoms with Gasteiger partial charge >= 0.3 is 0 Å². The van der Waals surface area contributed by atoms with Gasteiger partial charge in [-0.3, -0.25) is 0 Å². The lowest BCUT2D eigenvalue weighted by molar-refractivity contribution is 0.0356. The third kappa shape index (κ3) is 4.02. The minimum absolute atomic E-state index is 0.183. The van der Waals surface area contributed by atoms with Crippen molar-refractivity contribution in [3.63, 3.8) is 0 Å². The summed E-state index contributed by atoms with van der Waals surface area (Å²) in [5.41, 5.74) is 1.70. The van der Waals surface area contributed by atoms with Gasteiger partial charge in [-0.25, -0.2) is 4.39 Å². The van der Waals surface area contributed by atoms with E-state index in [0.717, 1.165) is 21.8 Å². The van der Waals surface area contributed by atoms with E-state index in [2.05, 4.69) is 49.3 Å². The van der Waals surface area contributed by atoms with Crippen molar-refractivity contribution in [1.82, 2.24) is 5.32 Å². The highest BCUT2D eigenvalue weighted by molar-refractivity contribution is 9.10. The number of benzene rings is 2. The van der Waals surface area contributed by atoms with Crippen LogP contribution in [0.1, 0.15) is 24.0 Å². The third-order valence-corrected chi connectivity index (χ3v) is 5.34. The summed E-state index contributed by atoms with van der Waals surface area (Å²) in [4.78, 5) is 0. The monoisotopic (exact) mass is 441 g/mol. The molecule has 0 aromatic heterocycles. The summed E-state index contributed by atoms with van der Waals surface area (Å²) < 4.78 is 21.5. The van der Waals surface area contributed by atoms with Gasteiger partial charge in [0.15, 0.2) is 0 Å². The zero-order valence-electron chi connectivity index (χ0n) is 12.6. The molecule has 3 rings (SSSR count). The van der Waals surface area contributed by atoms with Crippen molar-refractivity contribution in [3.8, 4) is 0 Å². The number of nitrogens with one attached hydrogen (secondary N) is 1. The highest BCUT2D eigenvalue weighted by Gasteiger charge is 2.34. The van der Waals surface area contributed by atoms with Crippen LogP contribution in [0.2, 0.25) is 0 Å². The normalized spacial score (nSPS) is 17.2. The van der Waals surface area contributed by atoms with Gasteiger partial charge in [-0.05, 0) is 48.7 Å². The lowest BCUT2D eigenvalue weighted by Gasteiger charge is -2.39. The molecule has 2 aromatic rings. The van der Waals surface area contributed by atoms with Gasteiger partial charge < -0.3 is 10.1 Å². The molecule has 0 amide bonds. The molecule has 2 aromatic carbocycles. The molecule has 0 aliphatic carbocycles. The Bertz CT molecular complexity index is 686. The highest BCUT2D eigenvalue weighted by atomic mass is 79.9. The van der Waals surface area contributed by atoms with Gasteiger partial charge in [-0.1, -0.05) is 44.0 Å². The van der Waals surface area contributed by atoms with E-state index in [1.165, 1.54) is 11.6 Å². The Morgan fingerprint density at radius 1 is 1.04 bits per heavy atom. The number of hydrogen-bond donors (Lipinski definition) is 1. The molecule has 1 heterocycles. The van der Waals surface area contributed by atoms with Gasteiger partial charge in [0.05, 0.1) is 0 Å². The maximum absolute atomic E-state index is 14.0. The summed E-state index contributed by atoms with van der Waals surface area (Å²) in [5, 5.41) is 3.60. The maximum atomic E-state index is 14.0. The maximum Gasteiger partial charge on any atom is 0.127 e. The van der Waals surface area contributed by atoms with Crippen LogP contribution in [-0.2, 0) is 16.8 Å². The molecule has 0 saturated carbocycles. The average Bonchev–Trinajstić information content (AvgIpc) is 2.56. The Balaban J connectivity index is 1.86. The van der Waals surface area contributed by atoms with Crippen LogP contribution in [0.15, 0.2) is 51.4 Å². The Labute approximate surface area is 152 Å². The molecule has 5 heteroatoms. The zero-order valence-corrected chi connectivity index (χ0v) is 15.8. The van der Waals surface area contributed by atoms with Crippen molar-refractivity contribution < 1.29 is 9.13 Å². The van der Waals surface area contributed by atoms with Crippen molar-refractivity contribution in [1.29, 1.82) is 0 Å². The fraction of sp³-hybridized carbons (Fsp3) is 0.333. The van der Waals surface area contributed by atoms with Gasteiger partial charge in [-0.2, -0.15) is 0 Å². The molecule has 0 unspecified atom stereocenters. The molecular weight excluding hydrogens is 425 g/mol. The van der Waals surface area contributed by atoms with Gasteiger partial charge in [-0.15, -0.1) is 0 Å². The van der Waals surface area contributed by atoms with Crippen LogP contribution in [0.3, 0.4) is 0 Å². The van der Waals surface area contributed by atoms with E-state index in [4.69, 9.17) is 4.74 Å². The topological polar surface area (TPSA) is 21.3 Å². The van der Waals surface area contributed by atoms with E-state index < -0.39 is 0 Å². The van der Waals surface area contributed by atoms with Gasteiger partial charge in [0.25, 0.3) is 0 Å². The van der Waals surface area contributed by atoms with Crippen LogP contribution in [0.4, 0.5) is 4.39 Å². The molecule has 0 spiro atoms. The fourth-order valence-corrected chi connectivity index (χ4v) is 3.82. The second-order valence-corrected chi connectivity index (χ2v) is 7.63. The molecule has 1 N–H and O–H groups in total. The van der Waals surface area contributed by atoms with Crippen molar-refractivity contribution in [3.05, 3.63) is 68.4 Å². The average molecular weight is 443 g/mol. The molecule has 1 aliphatic rings. The highest BCUT2D eigenvalue weighted by Crippen LogP contribution is 2.34. The number of rotatable bonds is 4. The lowest BCUT2D eigenvalue weighted by atomic mass is 9.82. The second kappa shape index (κ2) is 7.43. The first kappa shape index (κ1) is 17.1. The first-order valence-electron chi connectivity index (χ1n) is 7.62. The van der Waals surface area contributed by atoms with Crippen molar-refractivity contribution >= 4 is 31.9 Å². The molecule has 1 fully saturated rings. The summed E-state index contributed by atoms with van der Waals surface area (Å²) in [6.45, 7) is 1.90. The van der Waals surface area contributed by atoms with Gasteiger partial charge in [0.2, 0.25) is 0 Å². The van der Waals surface area contributed by atoms with Crippen molar-refractivity contribution in [2.45, 2.75) is 24.9 Å². The second-order valence-electron chi connectivity index (χ2n) is 5.79. The van der Waals surface area contributed by atoms with Crippen LogP contribution in [0.25, 0.3) is 0 Å². The summed E-state index contributed by atoms with van der Waals surface area (Å²) >= 11 is 6.95. The van der Waals surface area contributed by atoms with Crippen molar-refractivity contribution in [2.75, 3.05) is 13.2 Å². The van der Waals surface area contributed by atoms with Gasteiger partial charge in [0.1, 0.15) is 5.82 Å². The van der Waals surface area contributed by atoms with Crippen molar-refractivity contribution in [2.24, 2.45) is 0 Å². The third-order valence-electron chi connectivity index (χ3n) is 4.35. The molecule has 0 atom stereocenters. The standard InChI is InChI=1S/C18H18Br2FNO/c19-15-3-1-2-14(11-15)18(6-8-23-9-7-18)22-12-13-10-16(20)4-5-17(13)21/h1-5,10-11,22H,6-9,12H2. The molecule has 122 valence electrons. The molecule has 1 saturated heterocycles. The van der Waals surface area contributed by atoms with E-state index >= 15 is 0 Å². The van der Waals surface area contributed by atoms with E-state index in [9.17, 15) is 4.39 Å².